The van der Waals surface area contributed by atoms with Crippen molar-refractivity contribution in [1.82, 2.24) is 9.55 Å². The van der Waals surface area contributed by atoms with Crippen molar-refractivity contribution >= 4 is 0 Å². The molecular formula is C19H20N2. The van der Waals surface area contributed by atoms with E-state index in [9.17, 15) is 0 Å². The quantitative estimate of drug-likeness (QED) is 0.655. The van der Waals surface area contributed by atoms with Gasteiger partial charge in [0, 0.05) is 23.6 Å². The molecule has 0 aliphatic carbocycles. The summed E-state index contributed by atoms with van der Waals surface area (Å²) in [6.07, 6.45) is 3.85. The second-order valence-electron chi connectivity index (χ2n) is 6.28. The third kappa shape index (κ3) is 2.75. The molecule has 106 valence electrons. The maximum Gasteiger partial charge on any atom is 0.144 e. The molecule has 0 atom stereocenters. The van der Waals surface area contributed by atoms with Gasteiger partial charge in [0.25, 0.3) is 0 Å². The predicted molar refractivity (Wildman–Crippen MR) is 87.7 cm³/mol. The van der Waals surface area contributed by atoms with Gasteiger partial charge < -0.3 is 0 Å². The van der Waals surface area contributed by atoms with Crippen molar-refractivity contribution in [2.75, 3.05) is 0 Å². The Morgan fingerprint density at radius 3 is 2.14 bits per heavy atom. The number of benzene rings is 2. The average molecular weight is 276 g/mol. The lowest BCUT2D eigenvalue weighted by atomic mass is 9.87. The predicted octanol–water partition coefficient (Wildman–Crippen LogP) is 4.84. The molecule has 3 rings (SSSR count). The number of rotatable bonds is 2. The van der Waals surface area contributed by atoms with Gasteiger partial charge in [0.05, 0.1) is 0 Å². The smallest absolute Gasteiger partial charge is 0.144 e. The standard InChI is InChI=1S/C19H20N2/c1-19(2,3)16-11-9-15(10-12-16)18-20-13-14-21(18)17-7-5-4-6-8-17/h4-14H,1-3H3. The molecule has 0 saturated heterocycles. The first-order valence-electron chi connectivity index (χ1n) is 7.25. The first-order chi connectivity index (χ1) is 10.1. The molecular weight excluding hydrogens is 256 g/mol. The van der Waals surface area contributed by atoms with E-state index in [1.54, 1.807) is 0 Å². The maximum atomic E-state index is 4.52. The van der Waals surface area contributed by atoms with Crippen molar-refractivity contribution in [1.29, 1.82) is 0 Å². The van der Waals surface area contributed by atoms with Crippen molar-refractivity contribution in [3.05, 3.63) is 72.6 Å². The summed E-state index contributed by atoms with van der Waals surface area (Å²) in [5, 5.41) is 0. The Labute approximate surface area is 126 Å². The molecule has 1 heterocycles. The first-order valence-corrected chi connectivity index (χ1v) is 7.25. The Balaban J connectivity index is 2.01. The molecule has 2 nitrogen and oxygen atoms in total. The topological polar surface area (TPSA) is 17.8 Å². The van der Waals surface area contributed by atoms with Crippen LogP contribution in [0.25, 0.3) is 17.1 Å². The highest BCUT2D eigenvalue weighted by atomic mass is 15.1. The molecule has 2 aromatic carbocycles. The summed E-state index contributed by atoms with van der Waals surface area (Å²) in [4.78, 5) is 4.52. The molecule has 3 aromatic rings. The number of para-hydroxylation sites is 1. The number of nitrogens with zero attached hydrogens (tertiary/aromatic N) is 2. The number of imidazole rings is 1. The first kappa shape index (κ1) is 13.6. The van der Waals surface area contributed by atoms with E-state index in [4.69, 9.17) is 0 Å². The fourth-order valence-corrected chi connectivity index (χ4v) is 2.43. The van der Waals surface area contributed by atoms with Crippen LogP contribution in [0.1, 0.15) is 26.3 Å². The van der Waals surface area contributed by atoms with Gasteiger partial charge in [0.1, 0.15) is 5.82 Å². The lowest BCUT2D eigenvalue weighted by molar-refractivity contribution is 0.590. The van der Waals surface area contributed by atoms with E-state index in [1.807, 2.05) is 30.6 Å². The minimum atomic E-state index is 0.174. The minimum absolute atomic E-state index is 0.174. The summed E-state index contributed by atoms with van der Waals surface area (Å²) in [5.74, 6) is 0.974. The van der Waals surface area contributed by atoms with E-state index in [0.717, 1.165) is 17.1 Å². The molecule has 0 unspecified atom stereocenters. The lowest BCUT2D eigenvalue weighted by Gasteiger charge is -2.19. The Morgan fingerprint density at radius 1 is 0.857 bits per heavy atom. The van der Waals surface area contributed by atoms with Gasteiger partial charge in [-0.05, 0) is 23.1 Å². The average Bonchev–Trinajstić information content (AvgIpc) is 2.97. The molecule has 0 amide bonds. The van der Waals surface area contributed by atoms with Gasteiger partial charge >= 0.3 is 0 Å². The second-order valence-corrected chi connectivity index (χ2v) is 6.28. The Bertz CT molecular complexity index is 716. The molecule has 0 fully saturated rings. The molecule has 0 N–H and O–H groups in total. The van der Waals surface area contributed by atoms with E-state index in [0.29, 0.717) is 0 Å². The molecule has 2 heteroatoms. The SMILES string of the molecule is CC(C)(C)c1ccc(-c2nccn2-c2ccccc2)cc1. The van der Waals surface area contributed by atoms with Crippen molar-refractivity contribution in [3.63, 3.8) is 0 Å². The van der Waals surface area contributed by atoms with Crippen LogP contribution in [0.4, 0.5) is 0 Å². The summed E-state index contributed by atoms with van der Waals surface area (Å²) in [6, 6.07) is 19.0. The summed E-state index contributed by atoms with van der Waals surface area (Å²) in [6.45, 7) is 6.69. The molecule has 21 heavy (non-hydrogen) atoms. The van der Waals surface area contributed by atoms with Gasteiger partial charge in [0.2, 0.25) is 0 Å². The van der Waals surface area contributed by atoms with Crippen LogP contribution in [-0.2, 0) is 5.41 Å². The Morgan fingerprint density at radius 2 is 1.52 bits per heavy atom. The monoisotopic (exact) mass is 276 g/mol. The zero-order valence-electron chi connectivity index (χ0n) is 12.7. The maximum absolute atomic E-state index is 4.52. The molecule has 0 aliphatic rings. The zero-order chi connectivity index (χ0) is 14.9. The van der Waals surface area contributed by atoms with Crippen LogP contribution in [0.5, 0.6) is 0 Å². The third-order valence-electron chi connectivity index (χ3n) is 3.68. The summed E-state index contributed by atoms with van der Waals surface area (Å²) in [5.41, 5.74) is 3.78. The largest absolute Gasteiger partial charge is 0.300 e. The van der Waals surface area contributed by atoms with Gasteiger partial charge in [-0.15, -0.1) is 0 Å². The third-order valence-corrected chi connectivity index (χ3v) is 3.68. The highest BCUT2D eigenvalue weighted by Gasteiger charge is 2.14. The molecule has 0 spiro atoms. The number of hydrogen-bond donors (Lipinski definition) is 0. The van der Waals surface area contributed by atoms with Gasteiger partial charge in [-0.1, -0.05) is 63.2 Å². The second kappa shape index (κ2) is 5.21. The molecule has 0 aliphatic heterocycles. The minimum Gasteiger partial charge on any atom is -0.300 e. The van der Waals surface area contributed by atoms with Gasteiger partial charge in [-0.3, -0.25) is 4.57 Å². The number of hydrogen-bond acceptors (Lipinski definition) is 1. The van der Waals surface area contributed by atoms with E-state index < -0.39 is 0 Å². The van der Waals surface area contributed by atoms with E-state index in [-0.39, 0.29) is 5.41 Å². The van der Waals surface area contributed by atoms with Gasteiger partial charge in [-0.25, -0.2) is 4.98 Å². The van der Waals surface area contributed by atoms with Crippen molar-refractivity contribution in [2.24, 2.45) is 0 Å². The fraction of sp³-hybridized carbons (Fsp3) is 0.211. The van der Waals surface area contributed by atoms with E-state index in [1.165, 1.54) is 5.56 Å². The lowest BCUT2D eigenvalue weighted by Crippen LogP contribution is -2.10. The van der Waals surface area contributed by atoms with Crippen molar-refractivity contribution in [3.8, 4) is 17.1 Å². The van der Waals surface area contributed by atoms with Gasteiger partial charge in [0.15, 0.2) is 0 Å². The summed E-state index contributed by atoms with van der Waals surface area (Å²) < 4.78 is 2.12. The summed E-state index contributed by atoms with van der Waals surface area (Å²) in [7, 11) is 0. The van der Waals surface area contributed by atoms with E-state index in [2.05, 4.69) is 66.7 Å². The van der Waals surface area contributed by atoms with E-state index >= 15 is 0 Å². The Kier molecular flexibility index (Phi) is 3.38. The zero-order valence-corrected chi connectivity index (χ0v) is 12.7. The molecule has 0 bridgehead atoms. The van der Waals surface area contributed by atoms with Crippen LogP contribution in [0.2, 0.25) is 0 Å². The number of aromatic nitrogens is 2. The normalized spacial score (nSPS) is 11.6. The van der Waals surface area contributed by atoms with Crippen molar-refractivity contribution < 1.29 is 0 Å². The molecule has 0 saturated carbocycles. The highest BCUT2D eigenvalue weighted by molar-refractivity contribution is 5.59. The molecule has 0 radical (unpaired) electrons. The van der Waals surface area contributed by atoms with Gasteiger partial charge in [-0.2, -0.15) is 0 Å². The fourth-order valence-electron chi connectivity index (χ4n) is 2.43. The van der Waals surface area contributed by atoms with Crippen LogP contribution >= 0.6 is 0 Å². The van der Waals surface area contributed by atoms with Crippen LogP contribution in [0.3, 0.4) is 0 Å². The van der Waals surface area contributed by atoms with Crippen molar-refractivity contribution in [2.45, 2.75) is 26.2 Å². The van der Waals surface area contributed by atoms with Crippen LogP contribution < -0.4 is 0 Å². The van der Waals surface area contributed by atoms with Crippen LogP contribution in [-0.4, -0.2) is 9.55 Å². The van der Waals surface area contributed by atoms with Crippen LogP contribution in [0.15, 0.2) is 67.0 Å². The Hall–Kier alpha value is -2.35. The molecule has 1 aromatic heterocycles. The highest BCUT2D eigenvalue weighted by Crippen LogP contribution is 2.26. The van der Waals surface area contributed by atoms with Crippen LogP contribution in [0, 0.1) is 0 Å². The summed E-state index contributed by atoms with van der Waals surface area (Å²) >= 11 is 0.